The number of nitrogens with one attached hydrogen (secondary N) is 1. The van der Waals surface area contributed by atoms with Crippen LogP contribution in [0.15, 0.2) is 68.6 Å². The van der Waals surface area contributed by atoms with E-state index < -0.39 is 4.92 Å². The molecule has 3 aromatic rings. The lowest BCUT2D eigenvalue weighted by Crippen LogP contribution is -2.19. The summed E-state index contributed by atoms with van der Waals surface area (Å²) in [7, 11) is 0. The molecule has 1 amide bonds. The van der Waals surface area contributed by atoms with Gasteiger partial charge in [-0.15, -0.1) is 0 Å². The van der Waals surface area contributed by atoms with Gasteiger partial charge in [-0.1, -0.05) is 47.1 Å². The predicted octanol–water partition coefficient (Wildman–Crippen LogP) is 4.87. The Balaban J connectivity index is 1.63. The third-order valence-electron chi connectivity index (χ3n) is 4.23. The number of nitrogens with zero attached hydrogens (tertiary/aromatic N) is 2. The molecule has 0 bridgehead atoms. The summed E-state index contributed by atoms with van der Waals surface area (Å²) in [5.74, 6) is 0.457. The molecule has 3 rings (SSSR count). The maximum atomic E-state index is 12.0. The first kappa shape index (κ1) is 20.5. The van der Waals surface area contributed by atoms with E-state index in [1.165, 1.54) is 17.8 Å². The Bertz CT molecular complexity index is 1060. The van der Waals surface area contributed by atoms with Crippen LogP contribution in [0.4, 0.5) is 5.69 Å². The van der Waals surface area contributed by atoms with Gasteiger partial charge >= 0.3 is 0 Å². The number of carbonyl (C=O) groups excluding carboxylic acids is 1. The van der Waals surface area contributed by atoms with Crippen LogP contribution in [0.25, 0.3) is 11.3 Å². The summed E-state index contributed by atoms with van der Waals surface area (Å²) in [6, 6.07) is 15.8. The number of furan rings is 1. The van der Waals surface area contributed by atoms with Crippen molar-refractivity contribution in [1.82, 2.24) is 5.43 Å². The average molecular weight is 456 g/mol. The van der Waals surface area contributed by atoms with Crippen LogP contribution in [0.5, 0.6) is 0 Å². The van der Waals surface area contributed by atoms with Crippen LogP contribution in [0.1, 0.15) is 23.8 Å². The molecule has 0 aliphatic heterocycles. The van der Waals surface area contributed by atoms with Crippen LogP contribution in [-0.2, 0) is 17.6 Å². The third-order valence-corrected chi connectivity index (χ3v) is 4.72. The second kappa shape index (κ2) is 9.29. The van der Waals surface area contributed by atoms with Gasteiger partial charge in [-0.3, -0.25) is 14.9 Å². The summed E-state index contributed by atoms with van der Waals surface area (Å²) in [4.78, 5) is 22.8. The SMILES string of the molecule is CCc1ccc(CC(=O)N/N=C\c2ccc(-c3ccc(Br)cc3[N+](=O)[O-])o2)cc1. The fourth-order valence-electron chi connectivity index (χ4n) is 2.72. The number of nitro benzene ring substituents is 1. The molecular weight excluding hydrogens is 438 g/mol. The van der Waals surface area contributed by atoms with Crippen molar-refractivity contribution in [2.75, 3.05) is 0 Å². The lowest BCUT2D eigenvalue weighted by molar-refractivity contribution is -0.384. The quantitative estimate of drug-likeness (QED) is 0.312. The summed E-state index contributed by atoms with van der Waals surface area (Å²) >= 11 is 3.22. The van der Waals surface area contributed by atoms with Gasteiger partial charge < -0.3 is 4.42 Å². The maximum absolute atomic E-state index is 12.0. The minimum atomic E-state index is -0.469. The van der Waals surface area contributed by atoms with E-state index in [9.17, 15) is 14.9 Å². The van der Waals surface area contributed by atoms with Gasteiger partial charge in [0.25, 0.3) is 5.69 Å². The second-order valence-corrected chi connectivity index (χ2v) is 7.18. The summed E-state index contributed by atoms with van der Waals surface area (Å²) in [5, 5.41) is 15.1. The number of carbonyl (C=O) groups is 1. The molecular formula is C21H18BrN3O4. The highest BCUT2D eigenvalue weighted by molar-refractivity contribution is 9.10. The monoisotopic (exact) mass is 455 g/mol. The predicted molar refractivity (Wildman–Crippen MR) is 114 cm³/mol. The lowest BCUT2D eigenvalue weighted by atomic mass is 10.1. The first-order chi connectivity index (χ1) is 14.0. The summed E-state index contributed by atoms with van der Waals surface area (Å²) in [6.45, 7) is 2.07. The molecule has 29 heavy (non-hydrogen) atoms. The smallest absolute Gasteiger partial charge is 0.281 e. The molecule has 0 atom stereocenters. The van der Waals surface area contributed by atoms with Crippen molar-refractivity contribution < 1.29 is 14.1 Å². The Labute approximate surface area is 175 Å². The van der Waals surface area contributed by atoms with Crippen molar-refractivity contribution in [2.24, 2.45) is 5.10 Å². The lowest BCUT2D eigenvalue weighted by Gasteiger charge is -2.02. The Morgan fingerprint density at radius 2 is 1.90 bits per heavy atom. The molecule has 1 N–H and O–H groups in total. The Morgan fingerprint density at radius 3 is 2.59 bits per heavy atom. The number of amides is 1. The molecule has 0 saturated heterocycles. The molecule has 0 fully saturated rings. The second-order valence-electron chi connectivity index (χ2n) is 6.26. The van der Waals surface area contributed by atoms with E-state index in [-0.39, 0.29) is 18.0 Å². The Kier molecular flexibility index (Phi) is 6.56. The minimum Gasteiger partial charge on any atom is -0.455 e. The average Bonchev–Trinajstić information content (AvgIpc) is 3.17. The highest BCUT2D eigenvalue weighted by Crippen LogP contribution is 2.33. The van der Waals surface area contributed by atoms with Crippen LogP contribution in [0.2, 0.25) is 0 Å². The van der Waals surface area contributed by atoms with Crippen molar-refractivity contribution in [3.8, 4) is 11.3 Å². The molecule has 148 valence electrons. The van der Waals surface area contributed by atoms with Gasteiger partial charge in [-0.2, -0.15) is 5.10 Å². The molecule has 0 aliphatic rings. The van der Waals surface area contributed by atoms with Gasteiger partial charge in [-0.05, 0) is 41.8 Å². The summed E-state index contributed by atoms with van der Waals surface area (Å²) < 4.78 is 6.21. The molecule has 0 saturated carbocycles. The topological polar surface area (TPSA) is 97.7 Å². The Morgan fingerprint density at radius 1 is 1.17 bits per heavy atom. The van der Waals surface area contributed by atoms with Crippen molar-refractivity contribution in [3.05, 3.63) is 86.1 Å². The van der Waals surface area contributed by atoms with Crippen LogP contribution < -0.4 is 5.43 Å². The molecule has 0 aliphatic carbocycles. The number of aryl methyl sites for hydroxylation is 1. The summed E-state index contributed by atoms with van der Waals surface area (Å²) in [6.07, 6.45) is 2.52. The highest BCUT2D eigenvalue weighted by atomic mass is 79.9. The number of hydrazone groups is 1. The van der Waals surface area contributed by atoms with Gasteiger partial charge in [0.2, 0.25) is 5.91 Å². The Hall–Kier alpha value is -3.26. The number of hydrogen-bond donors (Lipinski definition) is 1. The highest BCUT2D eigenvalue weighted by Gasteiger charge is 2.18. The van der Waals surface area contributed by atoms with Crippen LogP contribution >= 0.6 is 15.9 Å². The molecule has 0 unspecified atom stereocenters. The van der Waals surface area contributed by atoms with E-state index in [2.05, 4.69) is 33.4 Å². The standard InChI is InChI=1S/C21H18BrN3O4/c1-2-14-3-5-15(6-4-14)11-21(26)24-23-13-17-8-10-20(29-17)18-9-7-16(22)12-19(18)25(27)28/h3-10,12-13H,2,11H2,1H3,(H,24,26)/b23-13-. The van der Waals surface area contributed by atoms with Gasteiger partial charge in [0.05, 0.1) is 23.1 Å². The number of rotatable bonds is 7. The normalized spacial score (nSPS) is 11.0. The number of nitro groups is 1. The van der Waals surface area contributed by atoms with E-state index in [1.54, 1.807) is 24.3 Å². The van der Waals surface area contributed by atoms with E-state index in [1.807, 2.05) is 24.3 Å². The maximum Gasteiger partial charge on any atom is 0.281 e. The van der Waals surface area contributed by atoms with Crippen molar-refractivity contribution in [1.29, 1.82) is 0 Å². The molecule has 1 aromatic heterocycles. The fourth-order valence-corrected chi connectivity index (χ4v) is 3.07. The molecule has 8 heteroatoms. The number of hydrogen-bond acceptors (Lipinski definition) is 5. The van der Waals surface area contributed by atoms with Crippen molar-refractivity contribution in [3.63, 3.8) is 0 Å². The summed E-state index contributed by atoms with van der Waals surface area (Å²) in [5.41, 5.74) is 4.85. The van der Waals surface area contributed by atoms with Crippen LogP contribution in [0, 0.1) is 10.1 Å². The van der Waals surface area contributed by atoms with Crippen LogP contribution in [0.3, 0.4) is 0 Å². The zero-order chi connectivity index (χ0) is 20.8. The zero-order valence-corrected chi connectivity index (χ0v) is 17.2. The molecule has 0 radical (unpaired) electrons. The molecule has 1 heterocycles. The van der Waals surface area contributed by atoms with Gasteiger partial charge in [-0.25, -0.2) is 5.43 Å². The number of halogens is 1. The third kappa shape index (κ3) is 5.39. The van der Waals surface area contributed by atoms with E-state index in [0.29, 0.717) is 21.6 Å². The largest absolute Gasteiger partial charge is 0.455 e. The minimum absolute atomic E-state index is 0.0698. The first-order valence-corrected chi connectivity index (χ1v) is 9.69. The molecule has 0 spiro atoms. The molecule has 2 aromatic carbocycles. The van der Waals surface area contributed by atoms with Crippen molar-refractivity contribution in [2.45, 2.75) is 19.8 Å². The number of benzene rings is 2. The van der Waals surface area contributed by atoms with Crippen molar-refractivity contribution >= 4 is 33.7 Å². The molecule has 7 nitrogen and oxygen atoms in total. The van der Waals surface area contributed by atoms with E-state index >= 15 is 0 Å². The van der Waals surface area contributed by atoms with Crippen LogP contribution in [-0.4, -0.2) is 17.0 Å². The van der Waals surface area contributed by atoms with E-state index in [0.717, 1.165) is 12.0 Å². The van der Waals surface area contributed by atoms with Gasteiger partial charge in [0, 0.05) is 10.5 Å². The van der Waals surface area contributed by atoms with Gasteiger partial charge in [0.1, 0.15) is 11.5 Å². The zero-order valence-electron chi connectivity index (χ0n) is 15.6. The first-order valence-electron chi connectivity index (χ1n) is 8.90. The van der Waals surface area contributed by atoms with E-state index in [4.69, 9.17) is 4.42 Å². The fraction of sp³-hybridized carbons (Fsp3) is 0.143. The van der Waals surface area contributed by atoms with Gasteiger partial charge in [0.15, 0.2) is 0 Å².